The maximum absolute atomic E-state index is 12.5. The van der Waals surface area contributed by atoms with E-state index >= 15 is 0 Å². The number of carbonyl (C=O) groups excluding carboxylic acids is 3. The highest BCUT2D eigenvalue weighted by Gasteiger charge is 2.16. The molecule has 2 aromatic carbocycles. The van der Waals surface area contributed by atoms with Crippen molar-refractivity contribution in [1.82, 2.24) is 15.1 Å². The summed E-state index contributed by atoms with van der Waals surface area (Å²) in [7, 11) is 0. The molecule has 3 aromatic rings. The minimum atomic E-state index is -0.685. The summed E-state index contributed by atoms with van der Waals surface area (Å²) in [4.78, 5) is 48.2. The van der Waals surface area contributed by atoms with E-state index in [-0.39, 0.29) is 25.3 Å². The second kappa shape index (κ2) is 12.5. The Labute approximate surface area is 220 Å². The molecule has 3 N–H and O–H groups in total. The Bertz CT molecular complexity index is 1360. The Kier molecular flexibility index (Phi) is 9.20. The lowest BCUT2D eigenvalue weighted by molar-refractivity contribution is -0.115. The van der Waals surface area contributed by atoms with Gasteiger partial charge in [0, 0.05) is 23.0 Å². The van der Waals surface area contributed by atoms with Crippen molar-refractivity contribution in [1.29, 1.82) is 0 Å². The number of nitrogens with one attached hydrogen (secondary N) is 3. The molecule has 1 aromatic heterocycles. The fraction of sp³-hybridized carbons (Fsp3) is 0.296. The molecule has 0 aliphatic heterocycles. The van der Waals surface area contributed by atoms with E-state index in [1.807, 2.05) is 6.07 Å². The Hall–Kier alpha value is -4.67. The van der Waals surface area contributed by atoms with Crippen LogP contribution in [0.1, 0.15) is 33.3 Å². The van der Waals surface area contributed by atoms with Crippen LogP contribution in [0.5, 0.6) is 0 Å². The quantitative estimate of drug-likeness (QED) is 0.407. The number of benzene rings is 2. The summed E-state index contributed by atoms with van der Waals surface area (Å²) in [6.45, 7) is 7.09. The number of amides is 3. The van der Waals surface area contributed by atoms with Gasteiger partial charge in [-0.15, -0.1) is 0 Å². The van der Waals surface area contributed by atoms with Crippen LogP contribution in [0.3, 0.4) is 0 Å². The predicted octanol–water partition coefficient (Wildman–Crippen LogP) is 3.99. The van der Waals surface area contributed by atoms with E-state index in [9.17, 15) is 19.2 Å². The van der Waals surface area contributed by atoms with Gasteiger partial charge in [0.2, 0.25) is 5.91 Å². The highest BCUT2D eigenvalue weighted by molar-refractivity contribution is 5.94. The van der Waals surface area contributed by atoms with E-state index in [0.717, 1.165) is 5.56 Å². The number of hydrogen-bond donors (Lipinski definition) is 3. The van der Waals surface area contributed by atoms with Gasteiger partial charge < -0.3 is 20.1 Å². The lowest BCUT2D eigenvalue weighted by Crippen LogP contribution is -2.37. The molecule has 0 saturated carbocycles. The molecule has 38 heavy (non-hydrogen) atoms. The van der Waals surface area contributed by atoms with Gasteiger partial charge in [-0.25, -0.2) is 14.3 Å². The van der Waals surface area contributed by atoms with Crippen molar-refractivity contribution >= 4 is 29.5 Å². The van der Waals surface area contributed by atoms with Crippen molar-refractivity contribution in [3.05, 3.63) is 76.6 Å². The van der Waals surface area contributed by atoms with Crippen LogP contribution in [0.4, 0.5) is 21.0 Å². The number of alkyl carbamates (subject to hydrolysis) is 1. The molecular formula is C27H31N5O6. The van der Waals surface area contributed by atoms with E-state index in [1.54, 1.807) is 76.2 Å². The molecule has 11 heteroatoms. The first-order valence-corrected chi connectivity index (χ1v) is 12.0. The highest BCUT2D eigenvalue weighted by Crippen LogP contribution is 2.20. The monoisotopic (exact) mass is 521 g/mol. The number of nitrogens with zero attached hydrogens (tertiary/aromatic N) is 2. The molecule has 3 rings (SSSR count). The molecule has 0 fully saturated rings. The van der Waals surface area contributed by atoms with Crippen molar-refractivity contribution in [3.8, 4) is 11.3 Å². The number of carbonyl (C=O) groups is 3. The number of ether oxygens (including phenoxy) is 2. The van der Waals surface area contributed by atoms with Gasteiger partial charge >= 0.3 is 12.2 Å². The van der Waals surface area contributed by atoms with E-state index in [1.165, 1.54) is 10.7 Å². The average molecular weight is 522 g/mol. The third-order valence-electron chi connectivity index (χ3n) is 4.88. The largest absolute Gasteiger partial charge is 0.450 e. The van der Waals surface area contributed by atoms with Crippen LogP contribution in [0.25, 0.3) is 11.3 Å². The summed E-state index contributed by atoms with van der Waals surface area (Å²) in [6, 6.07) is 17.0. The smallest absolute Gasteiger partial charge is 0.411 e. The van der Waals surface area contributed by atoms with Gasteiger partial charge in [-0.1, -0.05) is 24.3 Å². The van der Waals surface area contributed by atoms with Gasteiger partial charge in [0.05, 0.1) is 18.8 Å². The van der Waals surface area contributed by atoms with Gasteiger partial charge in [0.25, 0.3) is 5.56 Å². The molecule has 0 spiro atoms. The molecule has 200 valence electrons. The van der Waals surface area contributed by atoms with Crippen LogP contribution in [-0.4, -0.2) is 46.6 Å². The molecule has 0 saturated heterocycles. The number of hydrogen-bond acceptors (Lipinski definition) is 7. The van der Waals surface area contributed by atoms with Crippen molar-refractivity contribution < 1.29 is 23.9 Å². The van der Waals surface area contributed by atoms with Crippen molar-refractivity contribution in [2.24, 2.45) is 0 Å². The van der Waals surface area contributed by atoms with Crippen LogP contribution >= 0.6 is 0 Å². The first kappa shape index (κ1) is 27.9. The number of anilines is 2. The van der Waals surface area contributed by atoms with Crippen LogP contribution in [0, 0.1) is 0 Å². The molecule has 0 aliphatic rings. The van der Waals surface area contributed by atoms with Gasteiger partial charge in [-0.2, -0.15) is 5.10 Å². The Morgan fingerprint density at radius 2 is 1.63 bits per heavy atom. The molecule has 0 unspecified atom stereocenters. The lowest BCUT2D eigenvalue weighted by Gasteiger charge is -2.19. The zero-order valence-electron chi connectivity index (χ0n) is 21.7. The Morgan fingerprint density at radius 1 is 0.921 bits per heavy atom. The maximum atomic E-state index is 12.5. The van der Waals surface area contributed by atoms with E-state index in [0.29, 0.717) is 22.6 Å². The summed E-state index contributed by atoms with van der Waals surface area (Å²) in [5.74, 6) is -0.428. The second-order valence-corrected chi connectivity index (χ2v) is 9.24. The standard InChI is InChI=1S/C27H31N5O6/c1-5-37-26(36)30-20-10-6-8-18(14-20)17-32-24(34)13-12-22(31-32)19-9-7-11-21(15-19)29-23(33)16-28-25(35)38-27(2,3)4/h6-15H,5,16-17H2,1-4H3,(H,28,35)(H,29,33)(H,30,36). The summed E-state index contributed by atoms with van der Waals surface area (Å²) < 4.78 is 11.3. The molecule has 0 radical (unpaired) electrons. The number of aromatic nitrogens is 2. The van der Waals surface area contributed by atoms with Crippen LogP contribution in [0.15, 0.2) is 65.5 Å². The summed E-state index contributed by atoms with van der Waals surface area (Å²) >= 11 is 0. The van der Waals surface area contributed by atoms with Crippen molar-refractivity contribution in [3.63, 3.8) is 0 Å². The second-order valence-electron chi connectivity index (χ2n) is 9.24. The maximum Gasteiger partial charge on any atom is 0.411 e. The SMILES string of the molecule is CCOC(=O)Nc1cccc(Cn2nc(-c3cccc(NC(=O)CNC(=O)OC(C)(C)C)c3)ccc2=O)c1. The third kappa shape index (κ3) is 8.77. The van der Waals surface area contributed by atoms with Gasteiger partial charge in [0.15, 0.2) is 0 Å². The Balaban J connectivity index is 1.69. The Morgan fingerprint density at radius 3 is 2.34 bits per heavy atom. The zero-order valence-corrected chi connectivity index (χ0v) is 21.7. The van der Waals surface area contributed by atoms with Crippen molar-refractivity contribution in [2.45, 2.75) is 39.8 Å². The van der Waals surface area contributed by atoms with Crippen molar-refractivity contribution in [2.75, 3.05) is 23.8 Å². The van der Waals surface area contributed by atoms with E-state index in [2.05, 4.69) is 21.0 Å². The van der Waals surface area contributed by atoms with E-state index < -0.39 is 23.7 Å². The van der Waals surface area contributed by atoms with Gasteiger partial charge in [0.1, 0.15) is 12.1 Å². The minimum Gasteiger partial charge on any atom is -0.450 e. The van der Waals surface area contributed by atoms with Crippen LogP contribution < -0.4 is 21.5 Å². The zero-order chi connectivity index (χ0) is 27.7. The number of rotatable bonds is 8. The average Bonchev–Trinajstić information content (AvgIpc) is 2.84. The highest BCUT2D eigenvalue weighted by atomic mass is 16.6. The van der Waals surface area contributed by atoms with Gasteiger partial charge in [-0.05, 0) is 63.6 Å². The topological polar surface area (TPSA) is 141 Å². The summed E-state index contributed by atoms with van der Waals surface area (Å²) in [5.41, 5.74) is 2.02. The summed E-state index contributed by atoms with van der Waals surface area (Å²) in [5, 5.41) is 12.2. The van der Waals surface area contributed by atoms with Crippen LogP contribution in [-0.2, 0) is 20.8 Å². The molecule has 1 heterocycles. The summed E-state index contributed by atoms with van der Waals surface area (Å²) in [6.07, 6.45) is -1.25. The van der Waals surface area contributed by atoms with Gasteiger partial charge in [-0.3, -0.25) is 14.9 Å². The van der Waals surface area contributed by atoms with Crippen LogP contribution in [0.2, 0.25) is 0 Å². The van der Waals surface area contributed by atoms with E-state index in [4.69, 9.17) is 9.47 Å². The molecule has 0 aliphatic carbocycles. The molecule has 11 nitrogen and oxygen atoms in total. The molecular weight excluding hydrogens is 490 g/mol. The fourth-order valence-corrected chi connectivity index (χ4v) is 3.35. The lowest BCUT2D eigenvalue weighted by atomic mass is 10.1. The molecule has 0 atom stereocenters. The first-order chi connectivity index (χ1) is 18.0. The minimum absolute atomic E-state index is 0.178. The predicted molar refractivity (Wildman–Crippen MR) is 143 cm³/mol. The molecule has 3 amide bonds. The third-order valence-corrected chi connectivity index (χ3v) is 4.88. The fourth-order valence-electron chi connectivity index (χ4n) is 3.35. The first-order valence-electron chi connectivity index (χ1n) is 12.0. The normalized spacial score (nSPS) is 10.8. The molecule has 0 bridgehead atoms.